The van der Waals surface area contributed by atoms with E-state index in [1.54, 1.807) is 0 Å². The largest absolute Gasteiger partial charge is 0.367 e. The minimum absolute atomic E-state index is 0.259. The number of anilines is 3. The fraction of sp³-hybridized carbons (Fsp3) is 0.240. The van der Waals surface area contributed by atoms with E-state index >= 15 is 0 Å². The van der Waals surface area contributed by atoms with E-state index in [1.165, 1.54) is 12.3 Å². The highest BCUT2D eigenvalue weighted by atomic mass is 19.1. The number of aromatic nitrogens is 3. The van der Waals surface area contributed by atoms with Gasteiger partial charge in [0.2, 0.25) is 5.95 Å². The van der Waals surface area contributed by atoms with Crippen LogP contribution in [-0.2, 0) is 6.42 Å². The molecule has 0 atom stereocenters. The molecule has 2 aromatic carbocycles. The third-order valence-electron chi connectivity index (χ3n) is 6.00. The summed E-state index contributed by atoms with van der Waals surface area (Å²) < 4.78 is 14.9. The SMILES string of the molecule is CN1CCN(c2ccc(Nc3nc(-c4cccc(CC=N)c4)c4cc[nH]c4n3)cc2F)CC1. The van der Waals surface area contributed by atoms with Crippen molar-refractivity contribution < 1.29 is 4.39 Å². The minimum Gasteiger partial charge on any atom is -0.367 e. The lowest BCUT2D eigenvalue weighted by atomic mass is 10.0. The standard InChI is InChI=1S/C25H26FN7/c1-32-11-13-33(14-12-32)22-6-5-19(16-21(22)26)29-25-30-23(20-8-10-28-24(20)31-25)18-4-2-3-17(15-18)7-9-27/h2-6,8-10,15-16,27H,7,11-14H2,1H3,(H2,28,29,30,31). The average Bonchev–Trinajstić information content (AvgIpc) is 3.29. The first-order chi connectivity index (χ1) is 16.1. The van der Waals surface area contributed by atoms with Crippen molar-refractivity contribution in [2.45, 2.75) is 6.42 Å². The van der Waals surface area contributed by atoms with Gasteiger partial charge in [-0.2, -0.15) is 4.98 Å². The normalized spacial score (nSPS) is 14.5. The van der Waals surface area contributed by atoms with Crippen molar-refractivity contribution in [3.8, 4) is 11.3 Å². The molecule has 7 nitrogen and oxygen atoms in total. The van der Waals surface area contributed by atoms with Gasteiger partial charge in [0, 0.05) is 55.4 Å². The molecule has 0 spiro atoms. The summed E-state index contributed by atoms with van der Waals surface area (Å²) in [5.41, 5.74) is 4.69. The summed E-state index contributed by atoms with van der Waals surface area (Å²) in [5, 5.41) is 11.5. The summed E-state index contributed by atoms with van der Waals surface area (Å²) in [6.07, 6.45) is 3.79. The lowest BCUT2D eigenvalue weighted by Gasteiger charge is -2.34. The Balaban J connectivity index is 1.44. The van der Waals surface area contributed by atoms with E-state index in [9.17, 15) is 4.39 Å². The molecular formula is C25H26FN7. The van der Waals surface area contributed by atoms with Gasteiger partial charge in [0.15, 0.2) is 0 Å². The molecule has 1 aliphatic heterocycles. The topological polar surface area (TPSA) is 83.9 Å². The summed E-state index contributed by atoms with van der Waals surface area (Å²) in [4.78, 5) is 16.8. The van der Waals surface area contributed by atoms with Crippen molar-refractivity contribution >= 4 is 34.6 Å². The fourth-order valence-corrected chi connectivity index (χ4v) is 4.20. The first kappa shape index (κ1) is 21.1. The summed E-state index contributed by atoms with van der Waals surface area (Å²) >= 11 is 0. The quantitative estimate of drug-likeness (QED) is 0.384. The van der Waals surface area contributed by atoms with Crippen molar-refractivity contribution in [1.82, 2.24) is 19.9 Å². The summed E-state index contributed by atoms with van der Waals surface area (Å²) in [7, 11) is 2.08. The molecule has 4 aromatic rings. The second-order valence-corrected chi connectivity index (χ2v) is 8.33. The van der Waals surface area contributed by atoms with E-state index < -0.39 is 0 Å². The molecule has 168 valence electrons. The molecule has 0 unspecified atom stereocenters. The third kappa shape index (κ3) is 4.42. The Bertz CT molecular complexity index is 1290. The highest BCUT2D eigenvalue weighted by molar-refractivity contribution is 5.92. The van der Waals surface area contributed by atoms with Gasteiger partial charge in [0.25, 0.3) is 0 Å². The molecule has 3 heterocycles. The Morgan fingerprint density at radius 3 is 2.73 bits per heavy atom. The van der Waals surface area contributed by atoms with E-state index in [4.69, 9.17) is 10.4 Å². The van der Waals surface area contributed by atoms with Crippen molar-refractivity contribution in [3.05, 3.63) is 66.1 Å². The van der Waals surface area contributed by atoms with Crippen LogP contribution < -0.4 is 10.2 Å². The molecule has 0 amide bonds. The number of piperazine rings is 1. The van der Waals surface area contributed by atoms with Crippen molar-refractivity contribution in [2.75, 3.05) is 43.4 Å². The molecule has 8 heteroatoms. The van der Waals surface area contributed by atoms with Crippen LogP contribution in [0.1, 0.15) is 5.56 Å². The van der Waals surface area contributed by atoms with Crippen LogP contribution in [0.15, 0.2) is 54.7 Å². The monoisotopic (exact) mass is 443 g/mol. The molecule has 0 bridgehead atoms. The van der Waals surface area contributed by atoms with Crippen molar-refractivity contribution in [1.29, 1.82) is 5.41 Å². The number of benzene rings is 2. The molecule has 0 aliphatic carbocycles. The predicted octanol–water partition coefficient (Wildman–Crippen LogP) is 4.45. The van der Waals surface area contributed by atoms with Gasteiger partial charge in [-0.05, 0) is 49.2 Å². The molecule has 1 fully saturated rings. The van der Waals surface area contributed by atoms with Gasteiger partial charge in [0.05, 0.1) is 11.4 Å². The molecule has 5 rings (SSSR count). The summed E-state index contributed by atoms with van der Waals surface area (Å²) in [5.74, 6) is 0.134. The van der Waals surface area contributed by atoms with Crippen LogP contribution in [0.2, 0.25) is 0 Å². The molecule has 0 radical (unpaired) electrons. The van der Waals surface area contributed by atoms with Gasteiger partial charge in [-0.3, -0.25) is 0 Å². The predicted molar refractivity (Wildman–Crippen MR) is 131 cm³/mol. The molecule has 1 aliphatic rings. The molecule has 0 saturated carbocycles. The fourth-order valence-electron chi connectivity index (χ4n) is 4.20. The minimum atomic E-state index is -0.259. The Labute approximate surface area is 191 Å². The van der Waals surface area contributed by atoms with Gasteiger partial charge in [0.1, 0.15) is 11.5 Å². The van der Waals surface area contributed by atoms with E-state index in [1.807, 2.05) is 48.7 Å². The summed E-state index contributed by atoms with van der Waals surface area (Å²) in [6, 6.07) is 15.1. The Hall–Kier alpha value is -3.78. The van der Waals surface area contributed by atoms with Gasteiger partial charge >= 0.3 is 0 Å². The number of rotatable bonds is 6. The zero-order chi connectivity index (χ0) is 22.8. The highest BCUT2D eigenvalue weighted by Crippen LogP contribution is 2.30. The number of nitrogens with one attached hydrogen (secondary N) is 3. The van der Waals surface area contributed by atoms with Crippen molar-refractivity contribution in [2.24, 2.45) is 0 Å². The van der Waals surface area contributed by atoms with Crippen LogP contribution >= 0.6 is 0 Å². The van der Waals surface area contributed by atoms with Gasteiger partial charge in [-0.1, -0.05) is 18.2 Å². The van der Waals surface area contributed by atoms with Crippen LogP contribution in [0.3, 0.4) is 0 Å². The first-order valence-electron chi connectivity index (χ1n) is 11.0. The average molecular weight is 444 g/mol. The Kier molecular flexibility index (Phi) is 5.75. The van der Waals surface area contributed by atoms with E-state index in [2.05, 4.69) is 32.1 Å². The lowest BCUT2D eigenvalue weighted by molar-refractivity contribution is 0.311. The Morgan fingerprint density at radius 1 is 1.09 bits per heavy atom. The van der Waals surface area contributed by atoms with Crippen LogP contribution in [0, 0.1) is 11.2 Å². The molecule has 1 saturated heterocycles. The van der Waals surface area contributed by atoms with Crippen LogP contribution in [0.25, 0.3) is 22.3 Å². The second-order valence-electron chi connectivity index (χ2n) is 8.33. The van der Waals surface area contributed by atoms with Crippen LogP contribution in [0.4, 0.5) is 21.7 Å². The maximum Gasteiger partial charge on any atom is 0.229 e. The van der Waals surface area contributed by atoms with E-state index in [-0.39, 0.29) is 5.82 Å². The van der Waals surface area contributed by atoms with E-state index in [0.29, 0.717) is 29.4 Å². The van der Waals surface area contributed by atoms with Crippen LogP contribution in [-0.4, -0.2) is 59.3 Å². The zero-order valence-electron chi connectivity index (χ0n) is 18.5. The number of likely N-dealkylation sites (N-methyl/N-ethyl adjacent to an activating group) is 1. The van der Waals surface area contributed by atoms with Gasteiger partial charge < -0.3 is 25.5 Å². The number of fused-ring (bicyclic) bond motifs is 1. The first-order valence-corrected chi connectivity index (χ1v) is 11.0. The van der Waals surface area contributed by atoms with E-state index in [0.717, 1.165) is 48.4 Å². The molecule has 2 aromatic heterocycles. The van der Waals surface area contributed by atoms with Crippen molar-refractivity contribution in [3.63, 3.8) is 0 Å². The summed E-state index contributed by atoms with van der Waals surface area (Å²) in [6.45, 7) is 3.47. The molecule has 33 heavy (non-hydrogen) atoms. The smallest absolute Gasteiger partial charge is 0.229 e. The van der Waals surface area contributed by atoms with Gasteiger partial charge in [-0.25, -0.2) is 9.37 Å². The maximum atomic E-state index is 14.9. The highest BCUT2D eigenvalue weighted by Gasteiger charge is 2.18. The number of halogens is 1. The third-order valence-corrected chi connectivity index (χ3v) is 6.00. The number of H-pyrrole nitrogens is 1. The number of aromatic amines is 1. The lowest BCUT2D eigenvalue weighted by Crippen LogP contribution is -2.44. The maximum absolute atomic E-state index is 14.9. The number of hydrogen-bond acceptors (Lipinski definition) is 6. The zero-order valence-corrected chi connectivity index (χ0v) is 18.5. The number of nitrogens with zero attached hydrogens (tertiary/aromatic N) is 4. The second kappa shape index (κ2) is 8.99. The molecule has 3 N–H and O–H groups in total. The molecular weight excluding hydrogens is 417 g/mol. The Morgan fingerprint density at radius 2 is 1.94 bits per heavy atom. The van der Waals surface area contributed by atoms with Gasteiger partial charge in [-0.15, -0.1) is 0 Å². The van der Waals surface area contributed by atoms with Crippen LogP contribution in [0.5, 0.6) is 0 Å². The number of hydrogen-bond donors (Lipinski definition) is 3.